The molecule has 3 N–H and O–H groups in total. The van der Waals surface area contributed by atoms with Crippen LogP contribution in [0.1, 0.15) is 79.1 Å². The molecule has 0 radical (unpaired) electrons. The number of aliphatic hydroxyl groups is 3. The Morgan fingerprint density at radius 2 is 0.913 bits per heavy atom. The summed E-state index contributed by atoms with van der Waals surface area (Å²) in [5, 5.41) is 53.0. The molecule has 3 atom stereocenters. The molecular formula is C16H36O6Sn. The van der Waals surface area contributed by atoms with E-state index in [-0.39, 0.29) is 0 Å². The van der Waals surface area contributed by atoms with E-state index in [1.165, 1.54) is 17.3 Å². The van der Waals surface area contributed by atoms with Gasteiger partial charge in [-0.2, -0.15) is 0 Å². The molecule has 0 fully saturated rings. The van der Waals surface area contributed by atoms with Crippen molar-refractivity contribution in [1.82, 2.24) is 0 Å². The van der Waals surface area contributed by atoms with E-state index in [0.29, 0.717) is 19.3 Å². The summed E-state index contributed by atoms with van der Waals surface area (Å²) in [6.07, 6.45) is 2.17. The first-order valence-corrected chi connectivity index (χ1v) is 10.4. The summed E-state index contributed by atoms with van der Waals surface area (Å²) >= 11 is 1.68. The molecule has 0 aliphatic heterocycles. The summed E-state index contributed by atoms with van der Waals surface area (Å²) < 4.78 is 1.43. The van der Waals surface area contributed by atoms with Gasteiger partial charge < -0.3 is 30.6 Å². The summed E-state index contributed by atoms with van der Waals surface area (Å²) in [6.45, 7) is 7.81. The number of hydrogen-bond acceptors (Lipinski definition) is 6. The van der Waals surface area contributed by atoms with E-state index >= 15 is 0 Å². The zero-order valence-corrected chi connectivity index (χ0v) is 18.0. The van der Waals surface area contributed by atoms with Crippen molar-refractivity contribution in [2.24, 2.45) is 0 Å². The van der Waals surface area contributed by atoms with Crippen molar-refractivity contribution < 1.29 is 30.6 Å². The van der Waals surface area contributed by atoms with Gasteiger partial charge in [0.05, 0.1) is 0 Å². The summed E-state index contributed by atoms with van der Waals surface area (Å²) in [5.41, 5.74) is 0. The Hall–Kier alpha value is 0.559. The Kier molecular flexibility index (Phi) is 41.5. The molecule has 0 heterocycles. The Bertz CT molecular complexity index is 143. The van der Waals surface area contributed by atoms with Gasteiger partial charge in [0, 0.05) is 0 Å². The zero-order chi connectivity index (χ0) is 19.1. The van der Waals surface area contributed by atoms with Gasteiger partial charge in [-0.1, -0.05) is 40.0 Å². The fraction of sp³-hybridized carbons (Fsp3) is 1.00. The average molecular weight is 443 g/mol. The number of hydrogen-bond donors (Lipinski definition) is 3. The summed E-state index contributed by atoms with van der Waals surface area (Å²) in [5.74, 6) is 0. The Balaban J connectivity index is -0.000000105. The monoisotopic (exact) mass is 444 g/mol. The third-order valence-corrected chi connectivity index (χ3v) is 3.15. The molecule has 0 saturated carbocycles. The van der Waals surface area contributed by atoms with Crippen molar-refractivity contribution in [3.05, 3.63) is 0 Å². The molecule has 6 nitrogen and oxygen atoms in total. The molecule has 3 unspecified atom stereocenters. The molecule has 23 heavy (non-hydrogen) atoms. The van der Waals surface area contributed by atoms with Crippen molar-refractivity contribution in [3.63, 3.8) is 0 Å². The van der Waals surface area contributed by atoms with Crippen LogP contribution in [0.2, 0.25) is 4.44 Å². The molecule has 0 aromatic carbocycles. The van der Waals surface area contributed by atoms with Crippen LogP contribution in [0.5, 0.6) is 0 Å². The summed E-state index contributed by atoms with van der Waals surface area (Å²) in [6, 6.07) is 0. The third-order valence-electron chi connectivity index (χ3n) is 2.14. The van der Waals surface area contributed by atoms with Crippen molar-refractivity contribution >= 4 is 22.5 Å². The van der Waals surface area contributed by atoms with Crippen molar-refractivity contribution in [2.75, 3.05) is 0 Å². The normalized spacial score (nSPS) is 13.2. The van der Waals surface area contributed by atoms with Crippen LogP contribution in [0, 0.1) is 0 Å². The van der Waals surface area contributed by atoms with Crippen LogP contribution in [0.15, 0.2) is 0 Å². The fourth-order valence-corrected chi connectivity index (χ4v) is 1.93. The van der Waals surface area contributed by atoms with Gasteiger partial charge in [-0.05, 0) is 38.1 Å². The first-order valence-electron chi connectivity index (χ1n) is 8.39. The van der Waals surface area contributed by atoms with Gasteiger partial charge in [0.2, 0.25) is 0 Å². The molecule has 140 valence electrons. The van der Waals surface area contributed by atoms with E-state index in [9.17, 15) is 15.3 Å². The van der Waals surface area contributed by atoms with Crippen LogP contribution in [0.25, 0.3) is 0 Å². The van der Waals surface area contributed by atoms with E-state index < -0.39 is 18.9 Å². The molecule has 0 saturated heterocycles. The van der Waals surface area contributed by atoms with Crippen LogP contribution >= 0.6 is 0 Å². The van der Waals surface area contributed by atoms with Gasteiger partial charge in [-0.3, -0.25) is 0 Å². The standard InChI is InChI=1S/3C4H9O2.C4H9.Sn/c3*1-2-3-4(5)6;1-3-4-2;/h3*4-5H,2-3H2,1H3;1,3-4H2,2H3;/q3*-1;;+3. The van der Waals surface area contributed by atoms with Gasteiger partial charge in [0.25, 0.3) is 0 Å². The molecule has 0 amide bonds. The minimum atomic E-state index is -1.35. The van der Waals surface area contributed by atoms with Crippen LogP contribution in [-0.2, 0) is 0 Å². The van der Waals surface area contributed by atoms with Gasteiger partial charge in [0.15, 0.2) is 0 Å². The van der Waals surface area contributed by atoms with E-state index in [4.69, 9.17) is 15.3 Å². The quantitative estimate of drug-likeness (QED) is 0.351. The second kappa shape index (κ2) is 30.4. The van der Waals surface area contributed by atoms with Gasteiger partial charge in [-0.25, -0.2) is 0 Å². The van der Waals surface area contributed by atoms with Crippen molar-refractivity contribution in [2.45, 2.75) is 102 Å². The zero-order valence-electron chi connectivity index (χ0n) is 15.2. The molecule has 0 rings (SSSR count). The van der Waals surface area contributed by atoms with Crippen LogP contribution in [-0.4, -0.2) is 56.7 Å². The molecule has 0 aromatic heterocycles. The predicted molar refractivity (Wildman–Crippen MR) is 88.2 cm³/mol. The second-order valence-corrected chi connectivity index (χ2v) is 6.26. The predicted octanol–water partition coefficient (Wildman–Crippen LogP) is -0.231. The van der Waals surface area contributed by atoms with Crippen molar-refractivity contribution in [1.29, 1.82) is 0 Å². The van der Waals surface area contributed by atoms with Gasteiger partial charge in [-0.15, -0.1) is 0 Å². The summed E-state index contributed by atoms with van der Waals surface area (Å²) in [4.78, 5) is 0. The van der Waals surface area contributed by atoms with Gasteiger partial charge in [0.1, 0.15) is 0 Å². The molecular weight excluding hydrogens is 407 g/mol. The second-order valence-electron chi connectivity index (χ2n) is 4.83. The fourth-order valence-electron chi connectivity index (χ4n) is 0.918. The van der Waals surface area contributed by atoms with Crippen molar-refractivity contribution in [3.8, 4) is 0 Å². The topological polar surface area (TPSA) is 130 Å². The SMILES string of the molecule is CCCC([O-])O.CCCC([O-])O.CCCC([O-])O.CCC[CH2][Sn+3]. The third kappa shape index (κ3) is 71.4. The van der Waals surface area contributed by atoms with E-state index in [2.05, 4.69) is 6.92 Å². The number of aliphatic hydroxyl groups excluding tert-OH is 3. The average Bonchev–Trinajstić information content (AvgIpc) is 2.41. The molecule has 0 aromatic rings. The Morgan fingerprint density at radius 1 is 0.652 bits per heavy atom. The molecule has 0 aliphatic carbocycles. The molecule has 0 bridgehead atoms. The van der Waals surface area contributed by atoms with Crippen LogP contribution < -0.4 is 15.3 Å². The van der Waals surface area contributed by atoms with Gasteiger partial charge >= 0.3 is 46.7 Å². The minimum absolute atomic E-state index is 0.375. The molecule has 7 heteroatoms. The Morgan fingerprint density at radius 3 is 0.913 bits per heavy atom. The Labute approximate surface area is 155 Å². The first kappa shape index (κ1) is 31.3. The maximum absolute atomic E-state index is 9.68. The maximum atomic E-state index is 9.68. The number of rotatable bonds is 8. The van der Waals surface area contributed by atoms with E-state index in [1.54, 1.807) is 22.5 Å². The first-order chi connectivity index (χ1) is 10.7. The van der Waals surface area contributed by atoms with Crippen LogP contribution in [0.3, 0.4) is 0 Å². The van der Waals surface area contributed by atoms with Crippen LogP contribution in [0.4, 0.5) is 0 Å². The molecule has 0 aliphatic rings. The van der Waals surface area contributed by atoms with E-state index in [1.807, 2.05) is 20.8 Å². The summed E-state index contributed by atoms with van der Waals surface area (Å²) in [7, 11) is 0. The number of unbranched alkanes of at least 4 members (excludes halogenated alkanes) is 1. The molecule has 0 spiro atoms. The van der Waals surface area contributed by atoms with E-state index in [0.717, 1.165) is 19.3 Å².